The van der Waals surface area contributed by atoms with Crippen LogP contribution in [0.5, 0.6) is 0 Å². The van der Waals surface area contributed by atoms with Crippen molar-refractivity contribution in [1.29, 1.82) is 0 Å². The van der Waals surface area contributed by atoms with Gasteiger partial charge in [0.2, 0.25) is 0 Å². The van der Waals surface area contributed by atoms with Crippen LogP contribution in [0.2, 0.25) is 0 Å². The van der Waals surface area contributed by atoms with Crippen LogP contribution < -0.4 is 0 Å². The molecule has 0 heterocycles. The maximum Gasteiger partial charge on any atom is 0.151 e. The summed E-state index contributed by atoms with van der Waals surface area (Å²) in [5, 5.41) is 0. The molecule has 19 heavy (non-hydrogen) atoms. The van der Waals surface area contributed by atoms with E-state index in [2.05, 4.69) is 30.9 Å². The molecule has 1 aromatic carbocycles. The van der Waals surface area contributed by atoms with E-state index in [-0.39, 0.29) is 11.8 Å². The molecule has 1 aromatic rings. The molecule has 0 aromatic heterocycles. The Morgan fingerprint density at radius 2 is 1.58 bits per heavy atom. The van der Waals surface area contributed by atoms with Crippen molar-refractivity contribution in [1.82, 2.24) is 4.90 Å². The van der Waals surface area contributed by atoms with Gasteiger partial charge in [0, 0.05) is 0 Å². The third-order valence-electron chi connectivity index (χ3n) is 3.46. The van der Waals surface area contributed by atoms with Gasteiger partial charge in [-0.1, -0.05) is 57.0 Å². The van der Waals surface area contributed by atoms with Crippen LogP contribution in [0.1, 0.15) is 58.1 Å². The van der Waals surface area contributed by atoms with Crippen molar-refractivity contribution in [3.63, 3.8) is 0 Å². The Morgan fingerprint density at radius 1 is 1.05 bits per heavy atom. The van der Waals surface area contributed by atoms with Crippen LogP contribution in [-0.4, -0.2) is 23.8 Å². The lowest BCUT2D eigenvalue weighted by atomic mass is 10.0. The highest BCUT2D eigenvalue weighted by Crippen LogP contribution is 2.22. The van der Waals surface area contributed by atoms with Crippen LogP contribution in [0.15, 0.2) is 30.3 Å². The zero-order valence-electron chi connectivity index (χ0n) is 12.6. The summed E-state index contributed by atoms with van der Waals surface area (Å²) >= 11 is 0. The number of carbonyl (C=O) groups is 1. The third-order valence-corrected chi connectivity index (χ3v) is 3.46. The normalized spacial score (nSPS) is 12.6. The Labute approximate surface area is 117 Å². The van der Waals surface area contributed by atoms with Crippen LogP contribution in [0.25, 0.3) is 0 Å². The highest BCUT2D eigenvalue weighted by Gasteiger charge is 2.23. The molecular weight excluding hydrogens is 234 g/mol. The van der Waals surface area contributed by atoms with E-state index in [4.69, 9.17) is 0 Å². The molecule has 1 unspecified atom stereocenters. The number of unbranched alkanes of at least 4 members (excludes halogenated alkanes) is 2. The van der Waals surface area contributed by atoms with Crippen molar-refractivity contribution in [3.8, 4) is 0 Å². The van der Waals surface area contributed by atoms with Crippen molar-refractivity contribution >= 4 is 5.78 Å². The smallest absolute Gasteiger partial charge is 0.151 e. The van der Waals surface area contributed by atoms with Crippen LogP contribution >= 0.6 is 0 Å². The monoisotopic (exact) mass is 261 g/mol. The zero-order chi connectivity index (χ0) is 14.1. The zero-order valence-corrected chi connectivity index (χ0v) is 12.6. The van der Waals surface area contributed by atoms with Crippen molar-refractivity contribution in [2.24, 2.45) is 0 Å². The fourth-order valence-electron chi connectivity index (χ4n) is 2.43. The molecule has 0 radical (unpaired) electrons. The van der Waals surface area contributed by atoms with Crippen LogP contribution in [0.3, 0.4) is 0 Å². The number of ketones is 1. The van der Waals surface area contributed by atoms with Crippen molar-refractivity contribution in [2.75, 3.05) is 13.1 Å². The lowest BCUT2D eigenvalue weighted by molar-refractivity contribution is -0.122. The number of benzene rings is 1. The van der Waals surface area contributed by atoms with E-state index >= 15 is 0 Å². The minimum atomic E-state index is -0.0701. The molecule has 0 amide bonds. The molecule has 0 aliphatic carbocycles. The first-order chi connectivity index (χ1) is 9.20. The number of hydrogen-bond donors (Lipinski definition) is 0. The lowest BCUT2D eigenvalue weighted by Crippen LogP contribution is -2.34. The number of Topliss-reactive ketones (excluding diaryl/α,β-unsaturated/α-hetero) is 1. The molecule has 2 heteroatoms. The van der Waals surface area contributed by atoms with Crippen LogP contribution in [0.4, 0.5) is 0 Å². The van der Waals surface area contributed by atoms with Gasteiger partial charge < -0.3 is 0 Å². The van der Waals surface area contributed by atoms with Gasteiger partial charge in [0.15, 0.2) is 5.78 Å². The van der Waals surface area contributed by atoms with Crippen molar-refractivity contribution < 1.29 is 4.79 Å². The van der Waals surface area contributed by atoms with Gasteiger partial charge in [-0.3, -0.25) is 9.69 Å². The minimum absolute atomic E-state index is 0.0701. The summed E-state index contributed by atoms with van der Waals surface area (Å²) in [6.07, 6.45) is 4.64. The standard InChI is InChI=1S/C17H27NO/c1-4-6-13-18(14-7-5-2)17(15(3)19)16-11-9-8-10-12-16/h8-12,17H,4-7,13-14H2,1-3H3. The van der Waals surface area contributed by atoms with Crippen molar-refractivity contribution in [2.45, 2.75) is 52.5 Å². The fourth-order valence-corrected chi connectivity index (χ4v) is 2.43. The van der Waals surface area contributed by atoms with Gasteiger partial charge in [-0.05, 0) is 38.4 Å². The Kier molecular flexibility index (Phi) is 7.42. The second-order valence-corrected chi connectivity index (χ2v) is 5.17. The Hall–Kier alpha value is -1.15. The predicted octanol–water partition coefficient (Wildman–Crippen LogP) is 4.22. The summed E-state index contributed by atoms with van der Waals surface area (Å²) in [7, 11) is 0. The van der Waals surface area contributed by atoms with Gasteiger partial charge in [0.05, 0.1) is 6.04 Å². The maximum atomic E-state index is 12.1. The third kappa shape index (κ3) is 5.15. The fraction of sp³-hybridized carbons (Fsp3) is 0.588. The van der Waals surface area contributed by atoms with E-state index in [1.807, 2.05) is 18.2 Å². The molecule has 0 bridgehead atoms. The molecular formula is C17H27NO. The van der Waals surface area contributed by atoms with Gasteiger partial charge in [-0.15, -0.1) is 0 Å². The van der Waals surface area contributed by atoms with Gasteiger partial charge >= 0.3 is 0 Å². The quantitative estimate of drug-likeness (QED) is 0.663. The molecule has 106 valence electrons. The van der Waals surface area contributed by atoms with E-state index in [1.165, 1.54) is 12.8 Å². The molecule has 2 nitrogen and oxygen atoms in total. The predicted molar refractivity (Wildman–Crippen MR) is 81.3 cm³/mol. The highest BCUT2D eigenvalue weighted by molar-refractivity contribution is 5.82. The second-order valence-electron chi connectivity index (χ2n) is 5.17. The van der Waals surface area contributed by atoms with E-state index < -0.39 is 0 Å². The molecule has 0 spiro atoms. The number of nitrogens with zero attached hydrogens (tertiary/aromatic N) is 1. The van der Waals surface area contributed by atoms with E-state index in [9.17, 15) is 4.79 Å². The van der Waals surface area contributed by atoms with Gasteiger partial charge in [0.25, 0.3) is 0 Å². The first-order valence-corrected chi connectivity index (χ1v) is 7.50. The first kappa shape index (κ1) is 15.9. The van der Waals surface area contributed by atoms with E-state index in [0.29, 0.717) is 0 Å². The summed E-state index contributed by atoms with van der Waals surface area (Å²) in [4.78, 5) is 14.4. The van der Waals surface area contributed by atoms with Crippen LogP contribution in [0, 0.1) is 0 Å². The number of carbonyl (C=O) groups excluding carboxylic acids is 1. The summed E-state index contributed by atoms with van der Waals surface area (Å²) in [5.74, 6) is 0.249. The summed E-state index contributed by atoms with van der Waals surface area (Å²) in [6, 6.07) is 10.1. The van der Waals surface area contributed by atoms with Gasteiger partial charge in [0.1, 0.15) is 0 Å². The van der Waals surface area contributed by atoms with Crippen molar-refractivity contribution in [3.05, 3.63) is 35.9 Å². The Balaban J connectivity index is 2.88. The first-order valence-electron chi connectivity index (χ1n) is 7.50. The summed E-state index contributed by atoms with van der Waals surface area (Å²) in [5.41, 5.74) is 1.13. The Morgan fingerprint density at radius 3 is 2.00 bits per heavy atom. The minimum Gasteiger partial charge on any atom is -0.298 e. The topological polar surface area (TPSA) is 20.3 Å². The summed E-state index contributed by atoms with van der Waals surface area (Å²) in [6.45, 7) is 8.13. The SMILES string of the molecule is CCCCN(CCCC)C(C(C)=O)c1ccccc1. The number of hydrogen-bond acceptors (Lipinski definition) is 2. The lowest BCUT2D eigenvalue weighted by Gasteiger charge is -2.30. The molecule has 1 rings (SSSR count). The number of rotatable bonds is 9. The molecule has 0 fully saturated rings. The molecule has 0 N–H and O–H groups in total. The van der Waals surface area contributed by atoms with Gasteiger partial charge in [-0.25, -0.2) is 0 Å². The van der Waals surface area contributed by atoms with Gasteiger partial charge in [-0.2, -0.15) is 0 Å². The molecule has 0 aliphatic heterocycles. The molecule has 0 aliphatic rings. The average molecular weight is 261 g/mol. The average Bonchev–Trinajstić information content (AvgIpc) is 2.42. The molecule has 0 saturated carbocycles. The second kappa shape index (κ2) is 8.87. The van der Waals surface area contributed by atoms with Crippen LogP contribution in [-0.2, 0) is 4.79 Å². The van der Waals surface area contributed by atoms with E-state index in [0.717, 1.165) is 31.5 Å². The highest BCUT2D eigenvalue weighted by atomic mass is 16.1. The summed E-state index contributed by atoms with van der Waals surface area (Å²) < 4.78 is 0. The molecule has 1 atom stereocenters. The van der Waals surface area contributed by atoms with E-state index in [1.54, 1.807) is 6.92 Å². The largest absolute Gasteiger partial charge is 0.298 e. The Bertz CT molecular complexity index is 353. The molecule has 0 saturated heterocycles. The maximum absolute atomic E-state index is 12.1.